The second-order valence-electron chi connectivity index (χ2n) is 8.52. The van der Waals surface area contributed by atoms with Crippen LogP contribution in [0.5, 0.6) is 0 Å². The molecule has 0 aromatic heterocycles. The van der Waals surface area contributed by atoms with Gasteiger partial charge in [0.05, 0.1) is 15.9 Å². The summed E-state index contributed by atoms with van der Waals surface area (Å²) in [7, 11) is -1.61. The van der Waals surface area contributed by atoms with E-state index in [4.69, 9.17) is 4.43 Å². The van der Waals surface area contributed by atoms with Crippen molar-refractivity contribution in [1.29, 1.82) is 0 Å². The van der Waals surface area contributed by atoms with Gasteiger partial charge in [-0.15, -0.1) is 0 Å². The SMILES string of the molecule is CN(C)C1C[C@@H](O[Si](C)(C)C(C)(C)C)C=C1S(=O)(=O)c1ccccc1. The van der Waals surface area contributed by atoms with Gasteiger partial charge in [-0.2, -0.15) is 0 Å². The Hall–Kier alpha value is -0.953. The summed E-state index contributed by atoms with van der Waals surface area (Å²) in [6.45, 7) is 11.0. The summed E-state index contributed by atoms with van der Waals surface area (Å²) in [5.41, 5.74) is 0. The van der Waals surface area contributed by atoms with E-state index in [0.717, 1.165) is 0 Å². The third-order valence-corrected chi connectivity index (χ3v) is 11.8. The fraction of sp³-hybridized carbons (Fsp3) is 0.579. The maximum Gasteiger partial charge on any atom is 0.204 e. The third kappa shape index (κ3) is 4.24. The molecule has 25 heavy (non-hydrogen) atoms. The van der Waals surface area contributed by atoms with Crippen LogP contribution >= 0.6 is 0 Å². The Bertz CT molecular complexity index is 734. The van der Waals surface area contributed by atoms with Crippen LogP contribution in [0.4, 0.5) is 0 Å². The lowest BCUT2D eigenvalue weighted by Crippen LogP contribution is -2.43. The molecule has 0 amide bonds. The zero-order valence-electron chi connectivity index (χ0n) is 16.4. The van der Waals surface area contributed by atoms with Crippen LogP contribution in [0.1, 0.15) is 27.2 Å². The molecule has 0 N–H and O–H groups in total. The molecule has 1 aliphatic rings. The van der Waals surface area contributed by atoms with E-state index in [1.807, 2.05) is 31.1 Å². The Kier molecular flexibility index (Phi) is 5.69. The van der Waals surface area contributed by atoms with Crippen LogP contribution in [-0.4, -0.2) is 47.9 Å². The fourth-order valence-corrected chi connectivity index (χ4v) is 5.86. The predicted molar refractivity (Wildman–Crippen MR) is 106 cm³/mol. The van der Waals surface area contributed by atoms with Crippen LogP contribution in [-0.2, 0) is 14.3 Å². The Balaban J connectivity index is 2.38. The highest BCUT2D eigenvalue weighted by Crippen LogP contribution is 2.40. The summed E-state index contributed by atoms with van der Waals surface area (Å²) in [5, 5.41) is 0.0928. The average Bonchev–Trinajstić information content (AvgIpc) is 2.91. The number of benzene rings is 1. The molecule has 1 unspecified atom stereocenters. The zero-order valence-corrected chi connectivity index (χ0v) is 18.2. The van der Waals surface area contributed by atoms with Crippen LogP contribution in [0.15, 0.2) is 46.2 Å². The molecule has 2 atom stereocenters. The molecule has 2 rings (SSSR count). The van der Waals surface area contributed by atoms with Crippen molar-refractivity contribution in [2.24, 2.45) is 0 Å². The number of rotatable bonds is 5. The highest BCUT2D eigenvalue weighted by molar-refractivity contribution is 7.95. The molecule has 0 bridgehead atoms. The van der Waals surface area contributed by atoms with E-state index in [-0.39, 0.29) is 17.2 Å². The van der Waals surface area contributed by atoms with Crippen LogP contribution in [0.3, 0.4) is 0 Å². The largest absolute Gasteiger partial charge is 0.410 e. The minimum atomic E-state index is -3.50. The molecule has 4 nitrogen and oxygen atoms in total. The molecule has 6 heteroatoms. The first-order valence-electron chi connectivity index (χ1n) is 8.72. The first kappa shape index (κ1) is 20.4. The van der Waals surface area contributed by atoms with Gasteiger partial charge < -0.3 is 9.33 Å². The predicted octanol–water partition coefficient (Wildman–Crippen LogP) is 4.07. The van der Waals surface area contributed by atoms with E-state index in [2.05, 4.69) is 33.9 Å². The monoisotopic (exact) mass is 381 g/mol. The summed E-state index contributed by atoms with van der Waals surface area (Å²) in [6.07, 6.45) is 2.37. The number of sulfone groups is 1. The number of likely N-dealkylation sites (N-methyl/N-ethyl adjacent to an activating group) is 1. The lowest BCUT2D eigenvalue weighted by atomic mass is 10.2. The van der Waals surface area contributed by atoms with Crippen LogP contribution in [0.2, 0.25) is 18.1 Å². The molecular weight excluding hydrogens is 350 g/mol. The minimum Gasteiger partial charge on any atom is -0.410 e. The van der Waals surface area contributed by atoms with Crippen molar-refractivity contribution in [1.82, 2.24) is 4.90 Å². The molecule has 140 valence electrons. The summed E-state index contributed by atoms with van der Waals surface area (Å²) in [4.78, 5) is 2.79. The molecule has 1 aliphatic carbocycles. The molecular formula is C19H31NO3SSi. The van der Waals surface area contributed by atoms with Gasteiger partial charge in [0.1, 0.15) is 0 Å². The number of hydrogen-bond donors (Lipinski definition) is 0. The van der Waals surface area contributed by atoms with Gasteiger partial charge in [-0.1, -0.05) is 39.0 Å². The van der Waals surface area contributed by atoms with Crippen molar-refractivity contribution in [2.75, 3.05) is 14.1 Å². The average molecular weight is 382 g/mol. The topological polar surface area (TPSA) is 46.6 Å². The molecule has 0 fully saturated rings. The standard InChI is InChI=1S/C19H31NO3SSi/c1-19(2,3)25(6,7)23-15-13-17(20(4)5)18(14-15)24(21,22)16-11-9-8-10-12-16/h8-12,14-15,17H,13H2,1-7H3/t15-,17?/m1/s1. The summed E-state index contributed by atoms with van der Waals surface area (Å²) in [6, 6.07) is 8.51. The van der Waals surface area contributed by atoms with Crippen LogP contribution < -0.4 is 0 Å². The Labute approximate surface area is 153 Å². The van der Waals surface area contributed by atoms with Crippen molar-refractivity contribution in [3.05, 3.63) is 41.3 Å². The van der Waals surface area contributed by atoms with Gasteiger partial charge in [0.15, 0.2) is 8.32 Å². The lowest BCUT2D eigenvalue weighted by Gasteiger charge is -2.38. The molecule has 0 saturated carbocycles. The molecule has 1 aromatic carbocycles. The normalized spacial score (nSPS) is 22.3. The van der Waals surface area contributed by atoms with Crippen molar-refractivity contribution >= 4 is 18.2 Å². The summed E-state index contributed by atoms with van der Waals surface area (Å²) in [5.74, 6) is 0. The van der Waals surface area contributed by atoms with Gasteiger partial charge in [-0.3, -0.25) is 0 Å². The molecule has 0 spiro atoms. The highest BCUT2D eigenvalue weighted by Gasteiger charge is 2.43. The first-order valence-corrected chi connectivity index (χ1v) is 13.1. The van der Waals surface area contributed by atoms with Crippen molar-refractivity contribution in [2.45, 2.75) is 62.4 Å². The smallest absolute Gasteiger partial charge is 0.204 e. The van der Waals surface area contributed by atoms with Crippen molar-refractivity contribution < 1.29 is 12.8 Å². The second kappa shape index (κ2) is 6.99. The summed E-state index contributed by atoms with van der Waals surface area (Å²) >= 11 is 0. The molecule has 0 saturated heterocycles. The Morgan fingerprint density at radius 2 is 1.68 bits per heavy atom. The van der Waals surface area contributed by atoms with Gasteiger partial charge in [0.25, 0.3) is 0 Å². The fourth-order valence-electron chi connectivity index (χ4n) is 2.81. The van der Waals surface area contributed by atoms with E-state index < -0.39 is 18.2 Å². The molecule has 1 aromatic rings. The zero-order chi connectivity index (χ0) is 19.0. The van der Waals surface area contributed by atoms with Crippen molar-refractivity contribution in [3.8, 4) is 0 Å². The minimum absolute atomic E-state index is 0.0928. The van der Waals surface area contributed by atoms with Gasteiger partial charge in [0.2, 0.25) is 9.84 Å². The van der Waals surface area contributed by atoms with E-state index in [9.17, 15) is 8.42 Å². The van der Waals surface area contributed by atoms with E-state index >= 15 is 0 Å². The van der Waals surface area contributed by atoms with Crippen molar-refractivity contribution in [3.63, 3.8) is 0 Å². The van der Waals surface area contributed by atoms with Gasteiger partial charge in [0, 0.05) is 6.04 Å². The van der Waals surface area contributed by atoms with E-state index in [1.165, 1.54) is 0 Å². The maximum atomic E-state index is 13.1. The van der Waals surface area contributed by atoms with Gasteiger partial charge in [-0.05, 0) is 56.9 Å². The first-order chi connectivity index (χ1) is 11.4. The maximum absolute atomic E-state index is 13.1. The number of nitrogens with zero attached hydrogens (tertiary/aromatic N) is 1. The second-order valence-corrected chi connectivity index (χ2v) is 15.2. The summed E-state index contributed by atoms with van der Waals surface area (Å²) < 4.78 is 32.7. The van der Waals surface area contributed by atoms with Crippen LogP contribution in [0.25, 0.3) is 0 Å². The highest BCUT2D eigenvalue weighted by atomic mass is 32.2. The molecule has 0 heterocycles. The third-order valence-electron chi connectivity index (χ3n) is 5.37. The Morgan fingerprint density at radius 3 is 2.16 bits per heavy atom. The van der Waals surface area contributed by atoms with Gasteiger partial charge in [-0.25, -0.2) is 8.42 Å². The van der Waals surface area contributed by atoms with E-state index in [0.29, 0.717) is 16.2 Å². The quantitative estimate of drug-likeness (QED) is 0.721. The van der Waals surface area contributed by atoms with E-state index in [1.54, 1.807) is 24.3 Å². The van der Waals surface area contributed by atoms with Crippen LogP contribution in [0, 0.1) is 0 Å². The lowest BCUT2D eigenvalue weighted by molar-refractivity contribution is 0.195. The Morgan fingerprint density at radius 1 is 1.12 bits per heavy atom. The molecule has 0 aliphatic heterocycles. The van der Waals surface area contributed by atoms with Gasteiger partial charge >= 0.3 is 0 Å². The molecule has 0 radical (unpaired) electrons. The number of hydrogen-bond acceptors (Lipinski definition) is 4.